The predicted molar refractivity (Wildman–Crippen MR) is 140 cm³/mol. The van der Waals surface area contributed by atoms with Crippen molar-refractivity contribution in [3.05, 3.63) is 63.7 Å². The molecule has 11 heteroatoms. The minimum atomic E-state index is -4.27. The molecule has 0 saturated heterocycles. The van der Waals surface area contributed by atoms with Crippen LogP contribution in [0.2, 0.25) is 15.1 Å². The van der Waals surface area contributed by atoms with Crippen molar-refractivity contribution < 1.29 is 18.0 Å². The van der Waals surface area contributed by atoms with Crippen LogP contribution in [0.3, 0.4) is 0 Å². The average Bonchev–Trinajstić information content (AvgIpc) is 2.76. The van der Waals surface area contributed by atoms with Crippen molar-refractivity contribution in [3.8, 4) is 0 Å². The van der Waals surface area contributed by atoms with Gasteiger partial charge < -0.3 is 10.1 Å². The molecule has 0 radical (unpaired) electrons. The number of carbonyl (C=O) groups is 2. The fraction of sp³-hybridized carbons (Fsp3) is 0.292. The normalized spacial score (nSPS) is 12.5. The van der Waals surface area contributed by atoms with Crippen molar-refractivity contribution in [1.29, 1.82) is 0 Å². The molecule has 0 spiro atoms. The molecule has 35 heavy (non-hydrogen) atoms. The maximum atomic E-state index is 13.1. The molecule has 7 nitrogen and oxygen atoms in total. The smallest absolute Gasteiger partial charge is 0.244 e. The van der Waals surface area contributed by atoms with Gasteiger partial charge in [-0.2, -0.15) is 4.72 Å². The van der Waals surface area contributed by atoms with E-state index >= 15 is 0 Å². The molecule has 0 aliphatic carbocycles. The first kappa shape index (κ1) is 27.4. The van der Waals surface area contributed by atoms with E-state index in [0.717, 1.165) is 10.9 Å². The first-order valence-electron chi connectivity index (χ1n) is 10.9. The summed E-state index contributed by atoms with van der Waals surface area (Å²) in [5.74, 6) is -0.478. The summed E-state index contributed by atoms with van der Waals surface area (Å²) in [7, 11) is -4.27. The third kappa shape index (κ3) is 7.62. The third-order valence-electron chi connectivity index (χ3n) is 5.23. The highest BCUT2D eigenvalue weighted by Crippen LogP contribution is 2.33. The number of fused-ring (bicyclic) bond motifs is 1. The summed E-state index contributed by atoms with van der Waals surface area (Å²) in [4.78, 5) is 28.3. The topological polar surface area (TPSA) is 105 Å². The Hall–Kier alpha value is -2.23. The molecular formula is C24H24Cl3N3O4S. The van der Waals surface area contributed by atoms with Gasteiger partial charge in [-0.3, -0.25) is 9.78 Å². The van der Waals surface area contributed by atoms with Gasteiger partial charge in [0.25, 0.3) is 0 Å². The number of amides is 1. The molecule has 3 rings (SSSR count). The number of aromatic nitrogens is 1. The summed E-state index contributed by atoms with van der Waals surface area (Å²) in [6.45, 7) is 1.52. The second-order valence-corrected chi connectivity index (χ2v) is 11.0. The van der Waals surface area contributed by atoms with Crippen LogP contribution in [0.5, 0.6) is 0 Å². The Bertz CT molecular complexity index is 1330. The molecule has 0 bridgehead atoms. The fourth-order valence-corrected chi connectivity index (χ4v) is 6.32. The monoisotopic (exact) mass is 555 g/mol. The number of nitrogens with one attached hydrogen (secondary N) is 2. The second-order valence-electron chi connectivity index (χ2n) is 8.08. The van der Waals surface area contributed by atoms with Crippen LogP contribution in [0.1, 0.15) is 39.0 Å². The van der Waals surface area contributed by atoms with E-state index in [2.05, 4.69) is 15.0 Å². The largest absolute Gasteiger partial charge is 0.323 e. The number of Topliss-reactive ketones (excluding diaryl/α,β-unsaturated/α-hetero) is 1. The molecule has 0 fully saturated rings. The number of unbranched alkanes of at least 4 members (excludes halogenated alkanes) is 2. The van der Waals surface area contributed by atoms with Crippen LogP contribution in [0.25, 0.3) is 10.9 Å². The molecule has 1 aromatic heterocycles. The van der Waals surface area contributed by atoms with Crippen LogP contribution in [0.15, 0.2) is 53.6 Å². The van der Waals surface area contributed by atoms with Crippen LogP contribution in [-0.4, -0.2) is 31.1 Å². The Morgan fingerprint density at radius 1 is 1.00 bits per heavy atom. The van der Waals surface area contributed by atoms with Gasteiger partial charge in [0.1, 0.15) is 16.7 Å². The zero-order valence-electron chi connectivity index (χ0n) is 18.9. The minimum absolute atomic E-state index is 0.0795. The van der Waals surface area contributed by atoms with Gasteiger partial charge in [0, 0.05) is 16.8 Å². The summed E-state index contributed by atoms with van der Waals surface area (Å²) in [6.07, 6.45) is 3.97. The quantitative estimate of drug-likeness (QED) is 0.281. The molecule has 3 aromatic rings. The summed E-state index contributed by atoms with van der Waals surface area (Å²) >= 11 is 18.1. The number of benzene rings is 2. The van der Waals surface area contributed by atoms with Gasteiger partial charge in [0.2, 0.25) is 15.9 Å². The standard InChI is InChI=1S/C24H24Cl3N3O4S/c1-15(31)7-3-2-4-10-22(30-35(33,34)23-19(26)12-17(25)13-20(23)27)24(32)29-18-11-16-8-5-6-9-21(16)28-14-18/h5-6,8-9,11-14,22,30H,2-4,7,10H2,1H3,(H,29,32)/t22-/m0/s1. The van der Waals surface area contributed by atoms with E-state index < -0.39 is 22.0 Å². The van der Waals surface area contributed by atoms with Crippen LogP contribution in [0.4, 0.5) is 5.69 Å². The molecule has 186 valence electrons. The van der Waals surface area contributed by atoms with Crippen molar-refractivity contribution in [2.45, 2.75) is 50.0 Å². The summed E-state index contributed by atoms with van der Waals surface area (Å²) in [6, 6.07) is 10.6. The zero-order chi connectivity index (χ0) is 25.6. The molecular weight excluding hydrogens is 533 g/mol. The highest BCUT2D eigenvalue weighted by molar-refractivity contribution is 7.89. The summed E-state index contributed by atoms with van der Waals surface area (Å²) in [5.41, 5.74) is 1.19. The van der Waals surface area contributed by atoms with Crippen molar-refractivity contribution in [2.75, 3.05) is 5.32 Å². The number of para-hydroxylation sites is 1. The first-order chi connectivity index (χ1) is 16.6. The first-order valence-corrected chi connectivity index (χ1v) is 13.5. The molecule has 0 aliphatic heterocycles. The van der Waals surface area contributed by atoms with Crippen molar-refractivity contribution in [2.24, 2.45) is 0 Å². The van der Waals surface area contributed by atoms with Crippen LogP contribution < -0.4 is 10.0 Å². The van der Waals surface area contributed by atoms with Gasteiger partial charge in [0.15, 0.2) is 0 Å². The number of ketones is 1. The SMILES string of the molecule is CC(=O)CCCCC[C@H](NS(=O)(=O)c1c(Cl)cc(Cl)cc1Cl)C(=O)Nc1cnc2ccccc2c1. The lowest BCUT2D eigenvalue weighted by Crippen LogP contribution is -2.43. The van der Waals surface area contributed by atoms with Crippen LogP contribution in [-0.2, 0) is 19.6 Å². The van der Waals surface area contributed by atoms with Gasteiger partial charge in [-0.15, -0.1) is 0 Å². The molecule has 0 aliphatic rings. The van der Waals surface area contributed by atoms with Gasteiger partial charge >= 0.3 is 0 Å². The number of halogens is 3. The maximum absolute atomic E-state index is 13.1. The number of hydrogen-bond acceptors (Lipinski definition) is 5. The minimum Gasteiger partial charge on any atom is -0.323 e. The van der Waals surface area contributed by atoms with E-state index in [9.17, 15) is 18.0 Å². The van der Waals surface area contributed by atoms with Crippen LogP contribution in [0, 0.1) is 0 Å². The van der Waals surface area contributed by atoms with E-state index in [1.807, 2.05) is 24.3 Å². The molecule has 1 heterocycles. The number of rotatable bonds is 11. The van der Waals surface area contributed by atoms with Crippen molar-refractivity contribution in [3.63, 3.8) is 0 Å². The average molecular weight is 557 g/mol. The fourth-order valence-electron chi connectivity index (χ4n) is 3.54. The summed E-state index contributed by atoms with van der Waals surface area (Å²) in [5, 5.41) is 3.43. The number of pyridine rings is 1. The number of carbonyl (C=O) groups excluding carboxylic acids is 2. The molecule has 0 saturated carbocycles. The lowest BCUT2D eigenvalue weighted by molar-refractivity contribution is -0.118. The van der Waals surface area contributed by atoms with E-state index in [0.29, 0.717) is 31.4 Å². The number of anilines is 1. The third-order valence-corrected chi connectivity index (χ3v) is 7.84. The number of nitrogens with zero attached hydrogens (tertiary/aromatic N) is 1. The Kier molecular flexibility index (Phi) is 9.49. The van der Waals surface area contributed by atoms with Crippen molar-refractivity contribution >= 4 is 73.1 Å². The Morgan fingerprint density at radius 3 is 2.37 bits per heavy atom. The Morgan fingerprint density at radius 2 is 1.69 bits per heavy atom. The second kappa shape index (κ2) is 12.1. The highest BCUT2D eigenvalue weighted by Gasteiger charge is 2.29. The molecule has 2 N–H and O–H groups in total. The van der Waals surface area contributed by atoms with Gasteiger partial charge in [0.05, 0.1) is 27.4 Å². The summed E-state index contributed by atoms with van der Waals surface area (Å²) < 4.78 is 28.7. The van der Waals surface area contributed by atoms with E-state index in [1.165, 1.54) is 25.3 Å². The van der Waals surface area contributed by atoms with E-state index in [4.69, 9.17) is 34.8 Å². The molecule has 1 amide bonds. The molecule has 0 unspecified atom stereocenters. The number of sulfonamides is 1. The number of hydrogen-bond donors (Lipinski definition) is 2. The lowest BCUT2D eigenvalue weighted by Gasteiger charge is -2.20. The highest BCUT2D eigenvalue weighted by atomic mass is 35.5. The lowest BCUT2D eigenvalue weighted by atomic mass is 10.1. The Balaban J connectivity index is 1.81. The van der Waals surface area contributed by atoms with Gasteiger partial charge in [-0.25, -0.2) is 8.42 Å². The zero-order valence-corrected chi connectivity index (χ0v) is 21.9. The molecule has 2 aromatic carbocycles. The molecule has 1 atom stereocenters. The van der Waals surface area contributed by atoms with E-state index in [-0.39, 0.29) is 32.2 Å². The van der Waals surface area contributed by atoms with Crippen molar-refractivity contribution in [1.82, 2.24) is 9.71 Å². The van der Waals surface area contributed by atoms with E-state index in [1.54, 1.807) is 6.07 Å². The van der Waals surface area contributed by atoms with Gasteiger partial charge in [-0.1, -0.05) is 65.8 Å². The van der Waals surface area contributed by atoms with Gasteiger partial charge in [-0.05, 0) is 44.0 Å². The maximum Gasteiger partial charge on any atom is 0.244 e. The van der Waals surface area contributed by atoms with Crippen LogP contribution >= 0.6 is 34.8 Å². The predicted octanol–water partition coefficient (Wildman–Crippen LogP) is 6.02. The Labute approximate surface area is 219 Å².